The van der Waals surface area contributed by atoms with Crippen LogP contribution in [0.3, 0.4) is 0 Å². The summed E-state index contributed by atoms with van der Waals surface area (Å²) >= 11 is 3.51. The fourth-order valence-corrected chi connectivity index (χ4v) is 9.14. The third kappa shape index (κ3) is 8.22. The second kappa shape index (κ2) is 14.0. The maximum absolute atomic E-state index is 6.99. The molecule has 3 heteroatoms. The molecule has 0 aliphatic carbocycles. The highest BCUT2D eigenvalue weighted by molar-refractivity contribution is 9.09. The molecule has 34 heavy (non-hydrogen) atoms. The third-order valence-corrected chi connectivity index (χ3v) is 12.3. The number of benzene rings is 2. The first kappa shape index (κ1) is 28.6. The van der Waals surface area contributed by atoms with Crippen LogP contribution >= 0.6 is 15.9 Å². The van der Waals surface area contributed by atoms with Crippen LogP contribution in [0.5, 0.6) is 0 Å². The molecule has 2 rings (SSSR count). The molecule has 0 saturated carbocycles. The molecule has 0 saturated heterocycles. The van der Waals surface area contributed by atoms with E-state index < -0.39 is 8.32 Å². The van der Waals surface area contributed by atoms with Crippen molar-refractivity contribution in [2.75, 3.05) is 11.9 Å². The van der Waals surface area contributed by atoms with Crippen LogP contribution in [0.1, 0.15) is 67.2 Å². The monoisotopic (exact) mass is 538 g/mol. The highest BCUT2D eigenvalue weighted by Crippen LogP contribution is 2.36. The van der Waals surface area contributed by atoms with Crippen molar-refractivity contribution in [1.29, 1.82) is 0 Å². The second-order valence-electron chi connectivity index (χ2n) is 10.3. The Labute approximate surface area is 218 Å². The lowest BCUT2D eigenvalue weighted by Gasteiger charge is -2.42. The van der Waals surface area contributed by atoms with Gasteiger partial charge >= 0.3 is 0 Å². The Kier molecular flexibility index (Phi) is 11.8. The van der Waals surface area contributed by atoms with Crippen LogP contribution in [0.25, 0.3) is 0 Å². The molecule has 2 aromatic carbocycles. The number of hydrogen-bond acceptors (Lipinski definition) is 1. The standard InChI is InChI=1S/C31H43BrOSi/c1-26(16-14-18-28(3)25-32)15-13-17-27(2)23-24-33-34(31(4,5)6,29-19-9-7-10-20-29)30-21-11-8-12-22-30/h7-12,15,18-23H,13-14,16-17,24-25H2,1-6H3/b26-15+,27-23+,28-18+. The van der Waals surface area contributed by atoms with Gasteiger partial charge in [0.2, 0.25) is 0 Å². The number of rotatable bonds is 12. The molecular formula is C31H43BrOSi. The van der Waals surface area contributed by atoms with Gasteiger partial charge in [0.05, 0.1) is 6.61 Å². The van der Waals surface area contributed by atoms with E-state index in [9.17, 15) is 0 Å². The minimum absolute atomic E-state index is 0.0128. The Bertz CT molecular complexity index is 912. The van der Waals surface area contributed by atoms with Crippen LogP contribution < -0.4 is 10.4 Å². The summed E-state index contributed by atoms with van der Waals surface area (Å²) in [6.45, 7) is 14.3. The summed E-state index contributed by atoms with van der Waals surface area (Å²) in [5, 5.41) is 3.65. The predicted molar refractivity (Wildman–Crippen MR) is 157 cm³/mol. The van der Waals surface area contributed by atoms with Gasteiger partial charge < -0.3 is 4.43 Å². The second-order valence-corrected chi connectivity index (χ2v) is 15.2. The molecule has 0 spiro atoms. The molecule has 1 nitrogen and oxygen atoms in total. The minimum Gasteiger partial charge on any atom is -0.404 e. The number of halogens is 1. The lowest BCUT2D eigenvalue weighted by Crippen LogP contribution is -2.66. The number of allylic oxidation sites excluding steroid dienone is 5. The van der Waals surface area contributed by atoms with E-state index in [0.29, 0.717) is 6.61 Å². The summed E-state index contributed by atoms with van der Waals surface area (Å²) in [4.78, 5) is 0. The highest BCUT2D eigenvalue weighted by Gasteiger charge is 2.49. The molecule has 0 fully saturated rings. The topological polar surface area (TPSA) is 9.23 Å². The van der Waals surface area contributed by atoms with Crippen LogP contribution in [-0.2, 0) is 4.43 Å². The molecule has 0 unspecified atom stereocenters. The van der Waals surface area contributed by atoms with Crippen molar-refractivity contribution in [3.8, 4) is 0 Å². The lowest BCUT2D eigenvalue weighted by atomic mass is 10.1. The quantitative estimate of drug-likeness (QED) is 0.150. The van der Waals surface area contributed by atoms with Gasteiger partial charge in [-0.05, 0) is 61.9 Å². The van der Waals surface area contributed by atoms with Crippen molar-refractivity contribution in [1.82, 2.24) is 0 Å². The summed E-state index contributed by atoms with van der Waals surface area (Å²) in [5.41, 5.74) is 4.29. The average Bonchev–Trinajstić information content (AvgIpc) is 2.82. The summed E-state index contributed by atoms with van der Waals surface area (Å²) in [6, 6.07) is 21.8. The van der Waals surface area contributed by atoms with E-state index in [0.717, 1.165) is 31.0 Å². The lowest BCUT2D eigenvalue weighted by molar-refractivity contribution is 0.338. The van der Waals surface area contributed by atoms with Crippen molar-refractivity contribution < 1.29 is 4.43 Å². The van der Waals surface area contributed by atoms with Crippen molar-refractivity contribution in [2.24, 2.45) is 0 Å². The Hall–Kier alpha value is -1.68. The fraction of sp³-hybridized carbons (Fsp3) is 0.419. The van der Waals surface area contributed by atoms with E-state index in [1.807, 2.05) is 0 Å². The van der Waals surface area contributed by atoms with Crippen molar-refractivity contribution >= 4 is 34.6 Å². The van der Waals surface area contributed by atoms with E-state index in [1.54, 1.807) is 0 Å². The molecule has 0 amide bonds. The van der Waals surface area contributed by atoms with Gasteiger partial charge in [-0.1, -0.05) is 132 Å². The molecule has 0 aromatic heterocycles. The number of alkyl halides is 1. The third-order valence-electron chi connectivity index (χ3n) is 6.42. The molecule has 0 heterocycles. The molecule has 0 aliphatic heterocycles. The van der Waals surface area contributed by atoms with E-state index >= 15 is 0 Å². The number of hydrogen-bond donors (Lipinski definition) is 0. The SMILES string of the molecule is C/C(=C\CC/C(C)=C/CC/C(C)=C/CO[Si](c1ccccc1)(c1ccccc1)C(C)(C)C)CBr. The molecule has 0 bridgehead atoms. The van der Waals surface area contributed by atoms with Gasteiger partial charge in [-0.25, -0.2) is 0 Å². The molecule has 0 aliphatic rings. The molecule has 2 aromatic rings. The Morgan fingerprint density at radius 1 is 0.735 bits per heavy atom. The van der Waals surface area contributed by atoms with Crippen molar-refractivity contribution in [2.45, 2.75) is 72.3 Å². The Balaban J connectivity index is 2.10. The zero-order valence-corrected chi connectivity index (χ0v) is 24.6. The van der Waals surface area contributed by atoms with Crippen LogP contribution in [-0.4, -0.2) is 20.3 Å². The zero-order chi connectivity index (χ0) is 25.0. The van der Waals surface area contributed by atoms with Gasteiger partial charge in [-0.3, -0.25) is 0 Å². The van der Waals surface area contributed by atoms with Crippen LogP contribution in [0, 0.1) is 0 Å². The van der Waals surface area contributed by atoms with E-state index in [2.05, 4.69) is 136 Å². The van der Waals surface area contributed by atoms with Crippen LogP contribution in [0.15, 0.2) is 95.6 Å². The average molecular weight is 540 g/mol. The smallest absolute Gasteiger partial charge is 0.261 e. The van der Waals surface area contributed by atoms with E-state index in [1.165, 1.54) is 27.1 Å². The van der Waals surface area contributed by atoms with Gasteiger partial charge in [0.15, 0.2) is 0 Å². The maximum atomic E-state index is 6.99. The first-order chi connectivity index (χ1) is 16.2. The van der Waals surface area contributed by atoms with Crippen molar-refractivity contribution in [3.05, 3.63) is 95.6 Å². The highest BCUT2D eigenvalue weighted by atomic mass is 79.9. The zero-order valence-electron chi connectivity index (χ0n) is 22.0. The molecule has 0 radical (unpaired) electrons. The van der Waals surface area contributed by atoms with Crippen LogP contribution in [0.4, 0.5) is 0 Å². The van der Waals surface area contributed by atoms with Gasteiger partial charge in [0, 0.05) is 5.33 Å². The van der Waals surface area contributed by atoms with Gasteiger partial charge in [-0.15, -0.1) is 0 Å². The maximum Gasteiger partial charge on any atom is 0.261 e. The Morgan fingerprint density at radius 2 is 1.18 bits per heavy atom. The largest absolute Gasteiger partial charge is 0.404 e. The summed E-state index contributed by atoms with van der Waals surface area (Å²) < 4.78 is 6.99. The van der Waals surface area contributed by atoms with Gasteiger partial charge in [-0.2, -0.15) is 0 Å². The van der Waals surface area contributed by atoms with Gasteiger partial charge in [0.1, 0.15) is 0 Å². The predicted octanol–water partition coefficient (Wildman–Crippen LogP) is 8.36. The fourth-order valence-electron chi connectivity index (χ4n) is 4.42. The first-order valence-electron chi connectivity index (χ1n) is 12.5. The summed E-state index contributed by atoms with van der Waals surface area (Å²) in [6.07, 6.45) is 11.5. The minimum atomic E-state index is -2.46. The normalized spacial score (nSPS) is 13.9. The van der Waals surface area contributed by atoms with E-state index in [-0.39, 0.29) is 5.04 Å². The summed E-state index contributed by atoms with van der Waals surface area (Å²) in [5.74, 6) is 0. The molecular weight excluding hydrogens is 496 g/mol. The first-order valence-corrected chi connectivity index (χ1v) is 15.5. The molecule has 184 valence electrons. The molecule has 0 atom stereocenters. The van der Waals surface area contributed by atoms with Crippen LogP contribution in [0.2, 0.25) is 5.04 Å². The van der Waals surface area contributed by atoms with Gasteiger partial charge in [0.25, 0.3) is 8.32 Å². The summed E-state index contributed by atoms with van der Waals surface area (Å²) in [7, 11) is -2.46. The Morgan fingerprint density at radius 3 is 1.62 bits per heavy atom. The van der Waals surface area contributed by atoms with Crippen molar-refractivity contribution in [3.63, 3.8) is 0 Å². The molecule has 0 N–H and O–H groups in total. The van der Waals surface area contributed by atoms with E-state index in [4.69, 9.17) is 4.43 Å².